The molecule has 48 heavy (non-hydrogen) atoms. The summed E-state index contributed by atoms with van der Waals surface area (Å²) < 4.78 is 195. The molecule has 0 aliphatic carbocycles. The van der Waals surface area contributed by atoms with Crippen LogP contribution in [0.2, 0.25) is 0 Å². The van der Waals surface area contributed by atoms with E-state index < -0.39 is 101 Å². The van der Waals surface area contributed by atoms with Gasteiger partial charge >= 0.3 is 0 Å². The van der Waals surface area contributed by atoms with Gasteiger partial charge in [-0.1, -0.05) is 54.6 Å². The van der Waals surface area contributed by atoms with E-state index in [9.17, 15) is 77.8 Å². The molecule has 5 aromatic rings. The Morgan fingerprint density at radius 1 is 0.312 bits per heavy atom. The van der Waals surface area contributed by atoms with Gasteiger partial charge in [-0.05, 0) is 34.4 Å². The van der Waals surface area contributed by atoms with Gasteiger partial charge in [0.1, 0.15) is 29.4 Å². The Bertz CT molecular complexity index is 2760. The summed E-state index contributed by atoms with van der Waals surface area (Å²) in [4.78, 5) is -9.33. The Kier molecular flexibility index (Phi) is 9.32. The molecule has 258 valence electrons. The third kappa shape index (κ3) is 7.33. The van der Waals surface area contributed by atoms with Crippen molar-refractivity contribution in [1.29, 1.82) is 0 Å². The van der Waals surface area contributed by atoms with Crippen molar-refractivity contribution in [1.82, 2.24) is 0 Å². The smallest absolute Gasteiger partial charge is 0.282 e. The summed E-state index contributed by atoms with van der Waals surface area (Å²) >= 11 is 0. The predicted octanol–water partition coefficient (Wildman–Crippen LogP) is 2.31. The average molecular weight is 787 g/mol. The second kappa shape index (κ2) is 12.0. The highest BCUT2D eigenvalue weighted by Crippen LogP contribution is 2.41. The zero-order chi connectivity index (χ0) is 36.4. The first-order valence-corrected chi connectivity index (χ1v) is 20.7. The number of hydrogen-bond donors (Lipinski definition) is 6. The summed E-state index contributed by atoms with van der Waals surface area (Å²) in [5.41, 5.74) is 0. The largest absolute Gasteiger partial charge is 0.297 e. The highest BCUT2D eigenvalue weighted by molar-refractivity contribution is 7.92. The summed E-state index contributed by atoms with van der Waals surface area (Å²) in [6.07, 6.45) is 0. The number of rotatable bonds is 6. The van der Waals surface area contributed by atoms with Crippen LogP contribution in [-0.4, -0.2) is 77.8 Å². The third-order valence-electron chi connectivity index (χ3n) is 6.40. The minimum Gasteiger partial charge on any atom is -0.282 e. The molecule has 0 aromatic heterocycles. The Morgan fingerprint density at radius 2 is 0.667 bits per heavy atom. The summed E-state index contributed by atoms with van der Waals surface area (Å²) in [6.45, 7) is 0. The number of hydrogen-bond acceptors (Lipinski definition) is 12. The second-order valence-corrected chi connectivity index (χ2v) is 17.7. The van der Waals surface area contributed by atoms with Crippen LogP contribution in [0, 0.1) is 0 Å². The molecule has 0 radical (unpaired) electrons. The Morgan fingerprint density at radius 3 is 1.02 bits per heavy atom. The van der Waals surface area contributed by atoms with Crippen LogP contribution in [0.5, 0.6) is 0 Å². The van der Waals surface area contributed by atoms with Gasteiger partial charge < -0.3 is 0 Å². The Hall–Kier alpha value is -3.66. The molecule has 5 aromatic carbocycles. The lowest BCUT2D eigenvalue weighted by Gasteiger charge is -2.16. The molecule has 0 aliphatic heterocycles. The van der Waals surface area contributed by atoms with Crippen LogP contribution in [0.3, 0.4) is 0 Å². The van der Waals surface area contributed by atoms with Crippen LogP contribution >= 0.6 is 0 Å². The average Bonchev–Trinajstić information content (AvgIpc) is 2.91. The van der Waals surface area contributed by atoms with Crippen LogP contribution in [0.25, 0.3) is 32.3 Å². The topological polar surface area (TPSA) is 326 Å². The Balaban J connectivity index is 0.000000219. The van der Waals surface area contributed by atoms with Gasteiger partial charge in [-0.2, -0.15) is 50.5 Å². The van der Waals surface area contributed by atoms with Crippen LogP contribution in [0.15, 0.2) is 102 Å². The van der Waals surface area contributed by atoms with Crippen molar-refractivity contribution in [3.05, 3.63) is 72.8 Å². The maximum absolute atomic E-state index is 11.6. The normalized spacial score (nSPS) is 13.4. The van der Waals surface area contributed by atoms with Crippen molar-refractivity contribution >= 4 is 93.0 Å². The standard InChI is InChI=1S/C14H10O6S2.C10H8O12S4/c15-21(16,17)13-6-5-11-7-9-3-1-2-4-10(9)8-12(11)14(13)22(18,19)20;11-23(12,13)7-5-3-1-2-4-6(5)8(24(14,15)16)10(26(20,21)22)9(7)25(17,18)19/h1-8H,(H,15,16,17)(H,18,19,20);1-4H,(H,11,12,13)(H,14,15,16)(H,17,18,19)(H,20,21,22). The first-order chi connectivity index (χ1) is 21.6. The van der Waals surface area contributed by atoms with E-state index in [1.54, 1.807) is 18.2 Å². The summed E-state index contributed by atoms with van der Waals surface area (Å²) in [6, 6.07) is 16.2. The molecule has 0 saturated carbocycles. The van der Waals surface area contributed by atoms with Gasteiger partial charge in [-0.25, -0.2) is 0 Å². The molecule has 0 unspecified atom stereocenters. The zero-order valence-electron chi connectivity index (χ0n) is 23.0. The van der Waals surface area contributed by atoms with Gasteiger partial charge in [-0.3, -0.25) is 27.3 Å². The molecule has 0 atom stereocenters. The molecule has 6 N–H and O–H groups in total. The van der Waals surface area contributed by atoms with Crippen LogP contribution in [0.4, 0.5) is 0 Å². The first kappa shape index (κ1) is 37.2. The van der Waals surface area contributed by atoms with Crippen LogP contribution in [0.1, 0.15) is 0 Å². The van der Waals surface area contributed by atoms with Gasteiger partial charge in [-0.15, -0.1) is 0 Å². The van der Waals surface area contributed by atoms with Crippen molar-refractivity contribution in [2.75, 3.05) is 0 Å². The van der Waals surface area contributed by atoms with E-state index in [0.29, 0.717) is 10.8 Å². The lowest BCUT2D eigenvalue weighted by Crippen LogP contribution is -2.19. The van der Waals surface area contributed by atoms with Crippen molar-refractivity contribution in [3.63, 3.8) is 0 Å². The molecule has 24 heteroatoms. The van der Waals surface area contributed by atoms with E-state index in [-0.39, 0.29) is 5.39 Å². The minimum atomic E-state index is -5.86. The lowest BCUT2D eigenvalue weighted by atomic mass is 10.0. The van der Waals surface area contributed by atoms with Crippen LogP contribution in [-0.2, 0) is 60.7 Å². The van der Waals surface area contributed by atoms with E-state index in [4.69, 9.17) is 0 Å². The van der Waals surface area contributed by atoms with E-state index in [1.807, 2.05) is 12.1 Å². The van der Waals surface area contributed by atoms with Crippen molar-refractivity contribution in [2.45, 2.75) is 29.4 Å². The van der Waals surface area contributed by atoms with Gasteiger partial charge in [0.05, 0.1) is 0 Å². The summed E-state index contributed by atoms with van der Waals surface area (Å²) in [7, 11) is -32.5. The maximum Gasteiger partial charge on any atom is 0.297 e. The van der Waals surface area contributed by atoms with Crippen LogP contribution < -0.4 is 0 Å². The summed E-state index contributed by atoms with van der Waals surface area (Å²) in [5, 5.41) is 0.239. The number of benzene rings is 5. The fourth-order valence-electron chi connectivity index (χ4n) is 4.75. The molecule has 0 fully saturated rings. The fourth-order valence-corrected chi connectivity index (χ4v) is 11.7. The van der Waals surface area contributed by atoms with Gasteiger partial charge in [0.25, 0.3) is 60.7 Å². The SMILES string of the molecule is O=S(=O)(O)c1c(S(=O)(=O)O)c(S(=O)(=O)O)c2ccccc2c1S(=O)(=O)O.O=S(=O)(O)c1ccc2cc3ccccc3cc2c1S(=O)(=O)O. The number of fused-ring (bicyclic) bond motifs is 3. The molecule has 0 amide bonds. The molecule has 0 saturated heterocycles. The molecule has 0 spiro atoms. The maximum atomic E-state index is 11.6. The summed E-state index contributed by atoms with van der Waals surface area (Å²) in [5.74, 6) is 0. The lowest BCUT2D eigenvalue weighted by molar-refractivity contribution is 0.449. The highest BCUT2D eigenvalue weighted by atomic mass is 32.2. The van der Waals surface area contributed by atoms with E-state index in [0.717, 1.165) is 35.7 Å². The Labute approximate surface area is 271 Å². The predicted molar refractivity (Wildman–Crippen MR) is 164 cm³/mol. The second-order valence-electron chi connectivity index (χ2n) is 9.53. The molecule has 0 bridgehead atoms. The van der Waals surface area contributed by atoms with Gasteiger partial charge in [0.2, 0.25) is 0 Å². The molecule has 0 heterocycles. The fraction of sp³-hybridized carbons (Fsp3) is 0. The molecule has 5 rings (SSSR count). The third-order valence-corrected chi connectivity index (χ3v) is 12.5. The first-order valence-electron chi connectivity index (χ1n) is 12.0. The molecule has 18 nitrogen and oxygen atoms in total. The quantitative estimate of drug-likeness (QED) is 0.106. The zero-order valence-corrected chi connectivity index (χ0v) is 27.9. The van der Waals surface area contributed by atoms with Crippen molar-refractivity contribution in [2.24, 2.45) is 0 Å². The van der Waals surface area contributed by atoms with E-state index in [2.05, 4.69) is 0 Å². The highest BCUT2D eigenvalue weighted by Gasteiger charge is 2.41. The molecule has 0 aliphatic rings. The van der Waals surface area contributed by atoms with Gasteiger partial charge in [0, 0.05) is 16.2 Å². The minimum absolute atomic E-state index is 0.0244. The molecular formula is C24H18O18S6. The van der Waals surface area contributed by atoms with E-state index >= 15 is 0 Å². The van der Waals surface area contributed by atoms with E-state index in [1.165, 1.54) is 12.1 Å². The van der Waals surface area contributed by atoms with Crippen molar-refractivity contribution < 1.29 is 77.8 Å². The van der Waals surface area contributed by atoms with Crippen molar-refractivity contribution in [3.8, 4) is 0 Å². The monoisotopic (exact) mass is 786 g/mol. The molecular weight excluding hydrogens is 769 g/mol. The van der Waals surface area contributed by atoms with Gasteiger partial charge in [0.15, 0.2) is 0 Å².